The van der Waals surface area contributed by atoms with Crippen LogP contribution in [0.2, 0.25) is 0 Å². The van der Waals surface area contributed by atoms with Crippen LogP contribution in [0.1, 0.15) is 37.5 Å². The van der Waals surface area contributed by atoms with Gasteiger partial charge in [0.25, 0.3) is 5.91 Å². The van der Waals surface area contributed by atoms with Gasteiger partial charge in [-0.15, -0.1) is 0 Å². The summed E-state index contributed by atoms with van der Waals surface area (Å²) in [6.45, 7) is 0.948. The van der Waals surface area contributed by atoms with Crippen molar-refractivity contribution < 1.29 is 9.59 Å². The second-order valence-electron chi connectivity index (χ2n) is 9.63. The van der Waals surface area contributed by atoms with Crippen LogP contribution >= 0.6 is 0 Å². The summed E-state index contributed by atoms with van der Waals surface area (Å²) in [6, 6.07) is 26.6. The highest BCUT2D eigenvalue weighted by molar-refractivity contribution is 5.99. The van der Waals surface area contributed by atoms with E-state index in [0.717, 1.165) is 39.1 Å². The van der Waals surface area contributed by atoms with Crippen molar-refractivity contribution >= 4 is 28.4 Å². The fourth-order valence-electron chi connectivity index (χ4n) is 5.00. The summed E-state index contributed by atoms with van der Waals surface area (Å²) in [7, 11) is 1.85. The number of carbonyl (C=O) groups excluding carboxylic acids is 2. The number of ketones is 1. The van der Waals surface area contributed by atoms with Crippen molar-refractivity contribution in [3.63, 3.8) is 0 Å². The van der Waals surface area contributed by atoms with Crippen molar-refractivity contribution in [3.8, 4) is 11.4 Å². The molecule has 192 valence electrons. The fourth-order valence-corrected chi connectivity index (χ4v) is 5.00. The molecule has 1 N–H and O–H groups in total. The number of pyridine rings is 1. The molecule has 0 saturated carbocycles. The van der Waals surface area contributed by atoms with E-state index in [1.807, 2.05) is 67.7 Å². The first kappa shape index (κ1) is 24.4. The Morgan fingerprint density at radius 1 is 0.897 bits per heavy atom. The summed E-state index contributed by atoms with van der Waals surface area (Å²) < 4.78 is 0. The molecule has 0 aliphatic carbocycles. The minimum absolute atomic E-state index is 0.0269. The van der Waals surface area contributed by atoms with E-state index in [-0.39, 0.29) is 11.7 Å². The number of fused-ring (bicyclic) bond motifs is 2. The molecule has 7 nitrogen and oxygen atoms in total. The smallest absolute Gasteiger partial charge is 0.254 e. The molecule has 0 fully saturated rings. The molecule has 5 aromatic rings. The van der Waals surface area contributed by atoms with Gasteiger partial charge in [-0.3, -0.25) is 14.6 Å². The number of hydrogen-bond donors (Lipinski definition) is 1. The van der Waals surface area contributed by atoms with Crippen LogP contribution in [0.5, 0.6) is 0 Å². The average Bonchev–Trinajstić information content (AvgIpc) is 3.00. The molecule has 3 aromatic carbocycles. The van der Waals surface area contributed by atoms with E-state index in [1.165, 1.54) is 0 Å². The predicted octanol–water partition coefficient (Wildman–Crippen LogP) is 5.36. The lowest BCUT2D eigenvalue weighted by molar-refractivity contribution is 0.0731. The van der Waals surface area contributed by atoms with Crippen LogP contribution in [0.25, 0.3) is 22.3 Å². The maximum atomic E-state index is 13.4. The molecule has 0 bridgehead atoms. The second kappa shape index (κ2) is 10.5. The van der Waals surface area contributed by atoms with Gasteiger partial charge in [0.05, 0.1) is 17.8 Å². The summed E-state index contributed by atoms with van der Waals surface area (Å²) in [5.41, 5.74) is 5.71. The Balaban J connectivity index is 1.22. The summed E-state index contributed by atoms with van der Waals surface area (Å²) in [6.07, 6.45) is 2.77. The van der Waals surface area contributed by atoms with Gasteiger partial charge in [-0.25, -0.2) is 9.97 Å². The van der Waals surface area contributed by atoms with Crippen LogP contribution in [0, 0.1) is 0 Å². The third kappa shape index (κ3) is 4.99. The van der Waals surface area contributed by atoms with E-state index < -0.39 is 0 Å². The zero-order chi connectivity index (χ0) is 26.8. The number of nitrogens with one attached hydrogen (secondary N) is 1. The SMILES string of the molecule is CNc1nc(-c2cnc3ccccc3c2)nc2c1CCN(C(=O)c1ccc(C(=O)Cc3ccccc3)cc1)C2. The monoisotopic (exact) mass is 513 g/mol. The van der Waals surface area contributed by atoms with Gasteiger partial charge in [-0.05, 0) is 36.2 Å². The Hall–Kier alpha value is -4.91. The summed E-state index contributed by atoms with van der Waals surface area (Å²) >= 11 is 0. The lowest BCUT2D eigenvalue weighted by atomic mass is 10.0. The molecular weight excluding hydrogens is 486 g/mol. The van der Waals surface area contributed by atoms with Gasteiger partial charge < -0.3 is 10.2 Å². The topological polar surface area (TPSA) is 88.1 Å². The molecule has 2 aromatic heterocycles. The van der Waals surface area contributed by atoms with Crippen LogP contribution in [0.3, 0.4) is 0 Å². The largest absolute Gasteiger partial charge is 0.373 e. The highest BCUT2D eigenvalue weighted by Gasteiger charge is 2.26. The normalized spacial score (nSPS) is 12.7. The average molecular weight is 514 g/mol. The van der Waals surface area contributed by atoms with Crippen LogP contribution < -0.4 is 5.32 Å². The molecule has 1 aliphatic rings. The molecular formula is C32H27N5O2. The summed E-state index contributed by atoms with van der Waals surface area (Å²) in [4.78, 5) is 42.1. The van der Waals surface area contributed by atoms with E-state index in [2.05, 4.69) is 10.3 Å². The first-order valence-corrected chi connectivity index (χ1v) is 13.0. The maximum absolute atomic E-state index is 13.4. The molecule has 7 heteroatoms. The quantitative estimate of drug-likeness (QED) is 0.308. The zero-order valence-electron chi connectivity index (χ0n) is 21.6. The highest BCUT2D eigenvalue weighted by Crippen LogP contribution is 2.28. The van der Waals surface area contributed by atoms with Crippen molar-refractivity contribution in [2.24, 2.45) is 0 Å². The van der Waals surface area contributed by atoms with Gasteiger partial charge in [-0.1, -0.05) is 60.7 Å². The van der Waals surface area contributed by atoms with E-state index in [1.54, 1.807) is 35.4 Å². The Labute approximate surface area is 226 Å². The Morgan fingerprint density at radius 2 is 1.64 bits per heavy atom. The first-order valence-electron chi connectivity index (χ1n) is 13.0. The number of carbonyl (C=O) groups is 2. The van der Waals surface area contributed by atoms with E-state index in [4.69, 9.17) is 9.97 Å². The van der Waals surface area contributed by atoms with Crippen LogP contribution in [0.15, 0.2) is 91.1 Å². The molecule has 39 heavy (non-hydrogen) atoms. The molecule has 3 heterocycles. The standard InChI is InChI=1S/C32H27N5O2/c1-33-31-26-15-16-37(20-28(26)35-30(36-31)25-18-24-9-5-6-10-27(24)34-19-25)32(39)23-13-11-22(12-14-23)29(38)17-21-7-3-2-4-8-21/h2-14,18-19H,15-17,20H2,1H3,(H,33,35,36). The highest BCUT2D eigenvalue weighted by atomic mass is 16.2. The van der Waals surface area contributed by atoms with Gasteiger partial charge in [0.1, 0.15) is 5.82 Å². The lowest BCUT2D eigenvalue weighted by Gasteiger charge is -2.29. The number of aromatic nitrogens is 3. The lowest BCUT2D eigenvalue weighted by Crippen LogP contribution is -2.37. The van der Waals surface area contributed by atoms with Crippen molar-refractivity contribution in [2.75, 3.05) is 18.9 Å². The van der Waals surface area contributed by atoms with Crippen molar-refractivity contribution in [3.05, 3.63) is 119 Å². The Morgan fingerprint density at radius 3 is 2.44 bits per heavy atom. The van der Waals surface area contributed by atoms with Crippen LogP contribution in [-0.4, -0.2) is 45.1 Å². The number of benzene rings is 3. The number of Topliss-reactive ketones (excluding diaryl/α,β-unsaturated/α-hetero) is 1. The number of rotatable bonds is 6. The minimum Gasteiger partial charge on any atom is -0.373 e. The van der Waals surface area contributed by atoms with Gasteiger partial charge in [-0.2, -0.15) is 0 Å². The van der Waals surface area contributed by atoms with E-state index in [0.29, 0.717) is 42.9 Å². The van der Waals surface area contributed by atoms with Gasteiger partial charge in [0.2, 0.25) is 0 Å². The minimum atomic E-state index is -0.0822. The fraction of sp³-hybridized carbons (Fsp3) is 0.156. The second-order valence-corrected chi connectivity index (χ2v) is 9.63. The zero-order valence-corrected chi connectivity index (χ0v) is 21.6. The molecule has 6 rings (SSSR count). The van der Waals surface area contributed by atoms with E-state index >= 15 is 0 Å². The third-order valence-corrected chi connectivity index (χ3v) is 7.10. The summed E-state index contributed by atoms with van der Waals surface area (Å²) in [5, 5.41) is 4.22. The predicted molar refractivity (Wildman–Crippen MR) is 152 cm³/mol. The molecule has 1 aliphatic heterocycles. The number of hydrogen-bond acceptors (Lipinski definition) is 6. The van der Waals surface area contributed by atoms with E-state index in [9.17, 15) is 9.59 Å². The van der Waals surface area contributed by atoms with Gasteiger partial charge in [0, 0.05) is 53.9 Å². The van der Waals surface area contributed by atoms with Gasteiger partial charge in [0.15, 0.2) is 11.6 Å². The summed E-state index contributed by atoms with van der Waals surface area (Å²) in [5.74, 6) is 1.30. The van der Waals surface area contributed by atoms with Crippen molar-refractivity contribution in [1.82, 2.24) is 19.9 Å². The maximum Gasteiger partial charge on any atom is 0.254 e. The van der Waals surface area contributed by atoms with Crippen molar-refractivity contribution in [2.45, 2.75) is 19.4 Å². The molecule has 0 radical (unpaired) electrons. The van der Waals surface area contributed by atoms with Crippen LogP contribution in [-0.2, 0) is 19.4 Å². The molecule has 0 atom stereocenters. The Bertz CT molecular complexity index is 1680. The molecule has 0 unspecified atom stereocenters. The first-order chi connectivity index (χ1) is 19.1. The molecule has 0 saturated heterocycles. The number of amides is 1. The van der Waals surface area contributed by atoms with Crippen LogP contribution in [0.4, 0.5) is 5.82 Å². The molecule has 0 spiro atoms. The number of para-hydroxylation sites is 1. The number of anilines is 1. The third-order valence-electron chi connectivity index (χ3n) is 7.10. The molecule has 1 amide bonds. The van der Waals surface area contributed by atoms with Gasteiger partial charge >= 0.3 is 0 Å². The van der Waals surface area contributed by atoms with Crippen molar-refractivity contribution in [1.29, 1.82) is 0 Å². The Kier molecular flexibility index (Phi) is 6.55. The number of nitrogens with zero attached hydrogens (tertiary/aromatic N) is 4.